The number of H-pyrrole nitrogens is 1. The van der Waals surface area contributed by atoms with Crippen LogP contribution < -0.4 is 5.73 Å². The first kappa shape index (κ1) is 24.7. The largest absolute Gasteiger partial charge is 0.465 e. The number of halogens is 4. The molecule has 0 aliphatic carbocycles. The summed E-state index contributed by atoms with van der Waals surface area (Å²) in [5.41, 5.74) is 4.59. The van der Waals surface area contributed by atoms with Gasteiger partial charge in [-0.3, -0.25) is 9.79 Å². The lowest BCUT2D eigenvalue weighted by atomic mass is 10.2. The molecule has 7 nitrogen and oxygen atoms in total. The molecule has 1 heterocycles. The van der Waals surface area contributed by atoms with Gasteiger partial charge in [-0.25, -0.2) is 8.42 Å². The molecule has 2 rings (SSSR count). The second-order valence-electron chi connectivity index (χ2n) is 6.28. The molecule has 0 fully saturated rings. The van der Waals surface area contributed by atoms with E-state index in [0.29, 0.717) is 11.3 Å². The fraction of sp³-hybridized carbons (Fsp3) is 0.263. The van der Waals surface area contributed by atoms with Crippen molar-refractivity contribution in [3.63, 3.8) is 0 Å². The Kier molecular flexibility index (Phi) is 7.71. The van der Waals surface area contributed by atoms with Gasteiger partial charge in [-0.15, -0.1) is 0 Å². The van der Waals surface area contributed by atoms with Gasteiger partial charge < -0.3 is 15.5 Å². The molecule has 1 aromatic heterocycles. The highest BCUT2D eigenvalue weighted by Gasteiger charge is 2.35. The lowest BCUT2D eigenvalue weighted by Crippen LogP contribution is -2.23. The van der Waals surface area contributed by atoms with Gasteiger partial charge in [0, 0.05) is 11.9 Å². The molecule has 0 spiro atoms. The quantitative estimate of drug-likeness (QED) is 0.427. The zero-order valence-corrected chi connectivity index (χ0v) is 18.9. The number of nitrogens with zero attached hydrogens (tertiary/aromatic N) is 1. The minimum Gasteiger partial charge on any atom is -0.465 e. The predicted octanol–water partition coefficient (Wildman–Crippen LogP) is 3.56. The summed E-state index contributed by atoms with van der Waals surface area (Å²) in [4.78, 5) is 18.6. The molecule has 12 heteroatoms. The lowest BCUT2D eigenvalue weighted by molar-refractivity contribution is -0.141. The van der Waals surface area contributed by atoms with Gasteiger partial charge in [0.15, 0.2) is 9.84 Å². The van der Waals surface area contributed by atoms with Gasteiger partial charge in [-0.2, -0.15) is 13.2 Å². The molecule has 1 aromatic carbocycles. The summed E-state index contributed by atoms with van der Waals surface area (Å²) in [5.74, 6) is -0.724. The van der Waals surface area contributed by atoms with Crippen molar-refractivity contribution >= 4 is 37.4 Å². The third-order valence-corrected chi connectivity index (χ3v) is 5.85. The molecule has 0 saturated carbocycles. The molecule has 0 aliphatic rings. The smallest absolute Gasteiger partial charge is 0.431 e. The van der Waals surface area contributed by atoms with E-state index in [-0.39, 0.29) is 22.9 Å². The van der Waals surface area contributed by atoms with Crippen LogP contribution in [-0.4, -0.2) is 50.7 Å². The normalized spacial score (nSPS) is 13.7. The van der Waals surface area contributed by atoms with Gasteiger partial charge in [0.05, 0.1) is 27.4 Å². The number of nitrogens with two attached hydrogens (primary N) is 1. The standard InChI is InChI=1S/C19H19BrF3N3O4S/c1-3-30-15(27)10-25-17(16(20)18(24)19(21,22)23)14-8-7-13(26-14)11-5-4-6-12(9-11)31(2,28)29/h4-9,26H,3,10,24H2,1-2H3. The molecule has 0 unspecified atom stereocenters. The predicted molar refractivity (Wildman–Crippen MR) is 114 cm³/mol. The average Bonchev–Trinajstić information content (AvgIpc) is 3.16. The number of carbonyl (C=O) groups is 1. The number of allylic oxidation sites excluding steroid dienone is 2. The van der Waals surface area contributed by atoms with E-state index in [2.05, 4.69) is 25.9 Å². The van der Waals surface area contributed by atoms with Crippen LogP contribution in [0.25, 0.3) is 11.3 Å². The van der Waals surface area contributed by atoms with Gasteiger partial charge in [-0.05, 0) is 52.7 Å². The number of nitrogens with one attached hydrogen (secondary N) is 1. The Labute approximate surface area is 185 Å². The van der Waals surface area contributed by atoms with Crippen molar-refractivity contribution in [1.29, 1.82) is 0 Å². The van der Waals surface area contributed by atoms with E-state index in [0.717, 1.165) is 6.26 Å². The van der Waals surface area contributed by atoms with Crippen LogP contribution in [-0.2, 0) is 19.4 Å². The number of hydrogen-bond donors (Lipinski definition) is 2. The Morgan fingerprint density at radius 2 is 1.94 bits per heavy atom. The number of esters is 1. The first-order valence-corrected chi connectivity index (χ1v) is 11.5. The van der Waals surface area contributed by atoms with Crippen molar-refractivity contribution in [3.05, 3.63) is 52.3 Å². The number of aliphatic imine (C=N–C) groups is 1. The molecule has 0 radical (unpaired) electrons. The van der Waals surface area contributed by atoms with Gasteiger partial charge in [0.25, 0.3) is 0 Å². The highest BCUT2D eigenvalue weighted by molar-refractivity contribution is 9.12. The van der Waals surface area contributed by atoms with Crippen LogP contribution in [0.5, 0.6) is 0 Å². The van der Waals surface area contributed by atoms with Crippen molar-refractivity contribution in [3.8, 4) is 11.3 Å². The van der Waals surface area contributed by atoms with E-state index >= 15 is 0 Å². The maximum absolute atomic E-state index is 13.1. The van der Waals surface area contributed by atoms with Gasteiger partial charge in [0.2, 0.25) is 0 Å². The molecule has 3 N–H and O–H groups in total. The zero-order valence-electron chi connectivity index (χ0n) is 16.5. The maximum atomic E-state index is 13.1. The number of alkyl halides is 3. The molecular formula is C19H19BrF3N3O4S. The monoisotopic (exact) mass is 521 g/mol. The summed E-state index contributed by atoms with van der Waals surface area (Å²) in [7, 11) is -3.45. The van der Waals surface area contributed by atoms with Crippen molar-refractivity contribution in [2.24, 2.45) is 10.7 Å². The molecule has 0 aliphatic heterocycles. The fourth-order valence-corrected chi connectivity index (χ4v) is 3.70. The third kappa shape index (κ3) is 6.44. The number of rotatable bonds is 7. The third-order valence-electron chi connectivity index (χ3n) is 3.94. The van der Waals surface area contributed by atoms with Crippen LogP contribution in [0.3, 0.4) is 0 Å². The molecule has 168 valence electrons. The number of benzene rings is 1. The first-order chi connectivity index (χ1) is 14.3. The first-order valence-electron chi connectivity index (χ1n) is 8.77. The van der Waals surface area contributed by atoms with Crippen LogP contribution in [0.15, 0.2) is 56.5 Å². The Bertz CT molecular complexity index is 1140. The van der Waals surface area contributed by atoms with Gasteiger partial charge in [0.1, 0.15) is 12.2 Å². The highest BCUT2D eigenvalue weighted by atomic mass is 79.9. The van der Waals surface area contributed by atoms with Crippen molar-refractivity contribution in [2.75, 3.05) is 19.4 Å². The minimum absolute atomic E-state index is 0.0831. The Morgan fingerprint density at radius 3 is 2.52 bits per heavy atom. The van der Waals surface area contributed by atoms with E-state index in [1.54, 1.807) is 25.1 Å². The number of aromatic amines is 1. The van der Waals surface area contributed by atoms with Gasteiger partial charge >= 0.3 is 12.1 Å². The summed E-state index contributed by atoms with van der Waals surface area (Å²) in [6, 6.07) is 9.01. The van der Waals surface area contributed by atoms with Crippen molar-refractivity contribution < 1.29 is 31.1 Å². The number of sulfone groups is 1. The summed E-state index contributed by atoms with van der Waals surface area (Å²) >= 11 is 2.83. The second-order valence-corrected chi connectivity index (χ2v) is 9.09. The SMILES string of the molecule is CCOC(=O)CN=C(C(Br)=C(N)C(F)(F)F)c1ccc(-c2cccc(S(C)(=O)=O)c2)[nH]1. The van der Waals surface area contributed by atoms with E-state index in [1.807, 2.05) is 0 Å². The van der Waals surface area contributed by atoms with Gasteiger partial charge in [-0.1, -0.05) is 12.1 Å². The van der Waals surface area contributed by atoms with Crippen molar-refractivity contribution in [1.82, 2.24) is 4.98 Å². The zero-order chi connectivity index (χ0) is 23.4. The molecule has 0 saturated heterocycles. The molecular weight excluding hydrogens is 503 g/mol. The summed E-state index contributed by atoms with van der Waals surface area (Å²) in [5, 5.41) is 0. The van der Waals surface area contributed by atoms with Crippen molar-refractivity contribution in [2.45, 2.75) is 18.0 Å². The van der Waals surface area contributed by atoms with Crippen LogP contribution in [0.4, 0.5) is 13.2 Å². The molecule has 2 aromatic rings. The summed E-state index contributed by atoms with van der Waals surface area (Å²) < 4.78 is 67.1. The second kappa shape index (κ2) is 9.69. The van der Waals surface area contributed by atoms with Crippen LogP contribution >= 0.6 is 15.9 Å². The van der Waals surface area contributed by atoms with E-state index in [1.165, 1.54) is 18.2 Å². The number of ether oxygens (including phenoxy) is 1. The highest BCUT2D eigenvalue weighted by Crippen LogP contribution is 2.30. The van der Waals surface area contributed by atoms with Crippen LogP contribution in [0.2, 0.25) is 0 Å². The maximum Gasteiger partial charge on any atom is 0.431 e. The molecule has 31 heavy (non-hydrogen) atoms. The van der Waals surface area contributed by atoms with Crippen LogP contribution in [0.1, 0.15) is 12.6 Å². The Balaban J connectivity index is 2.53. The molecule has 0 bridgehead atoms. The van der Waals surface area contributed by atoms with E-state index < -0.39 is 38.7 Å². The number of aromatic nitrogens is 1. The van der Waals surface area contributed by atoms with E-state index in [9.17, 15) is 26.4 Å². The Morgan fingerprint density at radius 1 is 1.26 bits per heavy atom. The topological polar surface area (TPSA) is 115 Å². The minimum atomic E-state index is -4.83. The van der Waals surface area contributed by atoms with E-state index in [4.69, 9.17) is 10.5 Å². The molecule has 0 amide bonds. The summed E-state index contributed by atoms with van der Waals surface area (Å²) in [6.45, 7) is 1.15. The fourth-order valence-electron chi connectivity index (χ4n) is 2.47. The summed E-state index contributed by atoms with van der Waals surface area (Å²) in [6.07, 6.45) is -3.77. The Hall–Kier alpha value is -2.60. The van der Waals surface area contributed by atoms with Crippen LogP contribution in [0, 0.1) is 0 Å². The number of hydrogen-bond acceptors (Lipinski definition) is 6. The number of carbonyl (C=O) groups excluding carboxylic acids is 1. The lowest BCUT2D eigenvalue weighted by Gasteiger charge is -2.12. The average molecular weight is 522 g/mol. The molecule has 0 atom stereocenters.